The van der Waals surface area contributed by atoms with E-state index in [2.05, 4.69) is 5.32 Å². The van der Waals surface area contributed by atoms with Gasteiger partial charge in [0.05, 0.1) is 17.5 Å². The molecule has 0 saturated heterocycles. The first-order valence-corrected chi connectivity index (χ1v) is 15.0. The summed E-state index contributed by atoms with van der Waals surface area (Å²) < 4.78 is 65.6. The number of nitrogens with one attached hydrogen (secondary N) is 1. The molecule has 1 atom stereocenters. The second-order valence-electron chi connectivity index (χ2n) is 9.45. The van der Waals surface area contributed by atoms with Gasteiger partial charge in [-0.3, -0.25) is 13.9 Å². The molecule has 220 valence electrons. The van der Waals surface area contributed by atoms with E-state index in [4.69, 9.17) is 11.6 Å². The van der Waals surface area contributed by atoms with Crippen LogP contribution in [0.3, 0.4) is 0 Å². The normalized spacial score (nSPS) is 12.4. The Morgan fingerprint density at radius 1 is 0.951 bits per heavy atom. The number of carbonyl (C=O) groups excluding carboxylic acids is 2. The summed E-state index contributed by atoms with van der Waals surface area (Å²) in [6.07, 6.45) is -3.67. The van der Waals surface area contributed by atoms with Gasteiger partial charge in [0, 0.05) is 38.0 Å². The number of likely N-dealkylation sites (N-methyl/N-ethyl adjacent to an activating group) is 1. The van der Waals surface area contributed by atoms with E-state index in [1.54, 1.807) is 24.3 Å². The van der Waals surface area contributed by atoms with Crippen molar-refractivity contribution in [3.05, 3.63) is 101 Å². The minimum Gasteiger partial charge on any atom is -0.357 e. The number of hydrogen-bond donors (Lipinski definition) is 1. The lowest BCUT2D eigenvalue weighted by atomic mass is 10.0. The number of alkyl halides is 3. The zero-order chi connectivity index (χ0) is 30.2. The summed E-state index contributed by atoms with van der Waals surface area (Å²) in [5, 5.41) is 3.12. The van der Waals surface area contributed by atoms with Crippen LogP contribution < -0.4 is 9.62 Å². The van der Waals surface area contributed by atoms with Crippen LogP contribution in [0.15, 0.2) is 78.9 Å². The monoisotopic (exact) mass is 609 g/mol. The van der Waals surface area contributed by atoms with E-state index < -0.39 is 33.7 Å². The van der Waals surface area contributed by atoms with E-state index in [1.807, 2.05) is 30.3 Å². The molecule has 0 radical (unpaired) electrons. The highest BCUT2D eigenvalue weighted by Gasteiger charge is 2.32. The van der Waals surface area contributed by atoms with Crippen molar-refractivity contribution in [2.24, 2.45) is 0 Å². The Morgan fingerprint density at radius 3 is 2.20 bits per heavy atom. The van der Waals surface area contributed by atoms with Crippen LogP contribution >= 0.6 is 11.6 Å². The summed E-state index contributed by atoms with van der Waals surface area (Å²) in [7, 11) is -2.48. The molecule has 0 spiro atoms. The van der Waals surface area contributed by atoms with Crippen LogP contribution in [0, 0.1) is 0 Å². The Bertz CT molecular complexity index is 1440. The Kier molecular flexibility index (Phi) is 10.8. The molecule has 0 aliphatic carbocycles. The second-order valence-corrected chi connectivity index (χ2v) is 11.8. The van der Waals surface area contributed by atoms with E-state index in [-0.39, 0.29) is 43.9 Å². The molecule has 3 aromatic rings. The van der Waals surface area contributed by atoms with Gasteiger partial charge in [0.1, 0.15) is 6.04 Å². The fourth-order valence-corrected chi connectivity index (χ4v) is 5.43. The van der Waals surface area contributed by atoms with Gasteiger partial charge in [0.2, 0.25) is 21.8 Å². The molecule has 1 unspecified atom stereocenters. The number of halogens is 4. The molecule has 0 aliphatic heterocycles. The summed E-state index contributed by atoms with van der Waals surface area (Å²) in [6.45, 7) is -0.145. The molecule has 0 aliphatic rings. The fraction of sp³-hybridized carbons (Fsp3) is 0.310. The van der Waals surface area contributed by atoms with Gasteiger partial charge in [-0.05, 0) is 47.9 Å². The summed E-state index contributed by atoms with van der Waals surface area (Å²) >= 11 is 6.01. The van der Waals surface area contributed by atoms with Gasteiger partial charge in [-0.25, -0.2) is 8.42 Å². The maximum atomic E-state index is 13.6. The zero-order valence-corrected chi connectivity index (χ0v) is 24.1. The second kappa shape index (κ2) is 13.9. The Labute approximate surface area is 243 Å². The SMILES string of the molecule is CNC(=O)C(Cc1ccccc1)N(Cc1ccc(Cl)cc1)C(=O)CCCN(c1cccc(C(F)(F)F)c1)S(C)(=O)=O. The Morgan fingerprint density at radius 2 is 1.61 bits per heavy atom. The number of hydrogen-bond acceptors (Lipinski definition) is 4. The first-order valence-electron chi connectivity index (χ1n) is 12.7. The van der Waals surface area contributed by atoms with Crippen molar-refractivity contribution in [3.8, 4) is 0 Å². The smallest absolute Gasteiger partial charge is 0.357 e. The van der Waals surface area contributed by atoms with E-state index in [1.165, 1.54) is 18.0 Å². The van der Waals surface area contributed by atoms with Crippen molar-refractivity contribution >= 4 is 39.1 Å². The van der Waals surface area contributed by atoms with Crippen molar-refractivity contribution in [1.29, 1.82) is 0 Å². The average Bonchev–Trinajstić information content (AvgIpc) is 2.93. The molecule has 12 heteroatoms. The lowest BCUT2D eigenvalue weighted by Gasteiger charge is -2.31. The summed E-state index contributed by atoms with van der Waals surface area (Å²) in [4.78, 5) is 28.1. The van der Waals surface area contributed by atoms with Crippen molar-refractivity contribution in [3.63, 3.8) is 0 Å². The third kappa shape index (κ3) is 9.22. The first kappa shape index (κ1) is 32.0. The van der Waals surface area contributed by atoms with E-state index in [0.29, 0.717) is 5.02 Å². The number of rotatable bonds is 12. The van der Waals surface area contributed by atoms with Crippen molar-refractivity contribution < 1.29 is 31.2 Å². The van der Waals surface area contributed by atoms with Crippen LogP contribution in [0.25, 0.3) is 0 Å². The minimum absolute atomic E-state index is 0.00503. The van der Waals surface area contributed by atoms with Crippen molar-refractivity contribution in [2.75, 3.05) is 24.2 Å². The van der Waals surface area contributed by atoms with Gasteiger partial charge in [0.15, 0.2) is 0 Å². The zero-order valence-electron chi connectivity index (χ0n) is 22.6. The van der Waals surface area contributed by atoms with E-state index >= 15 is 0 Å². The maximum Gasteiger partial charge on any atom is 0.416 e. The minimum atomic E-state index is -4.65. The number of benzene rings is 3. The van der Waals surface area contributed by atoms with Gasteiger partial charge in [0.25, 0.3) is 0 Å². The third-order valence-electron chi connectivity index (χ3n) is 6.40. The molecule has 0 saturated carbocycles. The number of amides is 2. The Hall–Kier alpha value is -3.57. The molecule has 0 bridgehead atoms. The molecule has 3 aromatic carbocycles. The highest BCUT2D eigenvalue weighted by Crippen LogP contribution is 2.32. The largest absolute Gasteiger partial charge is 0.416 e. The van der Waals surface area contributed by atoms with Gasteiger partial charge < -0.3 is 10.2 Å². The first-order chi connectivity index (χ1) is 19.3. The van der Waals surface area contributed by atoms with E-state index in [0.717, 1.165) is 39.9 Å². The summed E-state index contributed by atoms with van der Waals surface area (Å²) in [5.74, 6) is -0.792. The van der Waals surface area contributed by atoms with Crippen LogP contribution in [0.1, 0.15) is 29.5 Å². The number of nitrogens with zero attached hydrogens (tertiary/aromatic N) is 2. The molecule has 0 fully saturated rings. The molecule has 7 nitrogen and oxygen atoms in total. The average molecular weight is 610 g/mol. The predicted octanol–water partition coefficient (Wildman–Crippen LogP) is 5.29. The van der Waals surface area contributed by atoms with Crippen molar-refractivity contribution in [2.45, 2.75) is 38.0 Å². The van der Waals surface area contributed by atoms with Gasteiger partial charge in [-0.15, -0.1) is 0 Å². The lowest BCUT2D eigenvalue weighted by Crippen LogP contribution is -2.49. The third-order valence-corrected chi connectivity index (χ3v) is 7.84. The molecule has 41 heavy (non-hydrogen) atoms. The maximum absolute atomic E-state index is 13.6. The number of sulfonamides is 1. The van der Waals surface area contributed by atoms with Crippen LogP contribution in [0.2, 0.25) is 5.02 Å². The predicted molar refractivity (Wildman–Crippen MR) is 153 cm³/mol. The summed E-state index contributed by atoms with van der Waals surface area (Å²) in [6, 6.07) is 19.2. The highest BCUT2D eigenvalue weighted by molar-refractivity contribution is 7.92. The molecule has 3 rings (SSSR count). The van der Waals surface area contributed by atoms with Gasteiger partial charge >= 0.3 is 6.18 Å². The molecule has 0 aromatic heterocycles. The fourth-order valence-electron chi connectivity index (χ4n) is 4.35. The molecule has 1 N–H and O–H groups in total. The van der Waals surface area contributed by atoms with Crippen LogP contribution in [-0.4, -0.2) is 51.0 Å². The summed E-state index contributed by atoms with van der Waals surface area (Å²) in [5.41, 5.74) is 0.428. The van der Waals surface area contributed by atoms with Crippen LogP contribution in [-0.2, 0) is 38.8 Å². The quantitative estimate of drug-likeness (QED) is 0.302. The van der Waals surface area contributed by atoms with Gasteiger partial charge in [-0.2, -0.15) is 13.2 Å². The lowest BCUT2D eigenvalue weighted by molar-refractivity contribution is -0.141. The Balaban J connectivity index is 1.85. The van der Waals surface area contributed by atoms with Crippen molar-refractivity contribution in [1.82, 2.24) is 10.2 Å². The van der Waals surface area contributed by atoms with Crippen LogP contribution in [0.4, 0.5) is 18.9 Å². The topological polar surface area (TPSA) is 86.8 Å². The molecule has 2 amide bonds. The molecule has 0 heterocycles. The van der Waals surface area contributed by atoms with Crippen LogP contribution in [0.5, 0.6) is 0 Å². The highest BCUT2D eigenvalue weighted by atomic mass is 35.5. The number of carbonyl (C=O) groups is 2. The van der Waals surface area contributed by atoms with Gasteiger partial charge in [-0.1, -0.05) is 60.1 Å². The standard InChI is InChI=1S/C29H31ClF3N3O4S/c1-34-28(38)26(18-21-8-4-3-5-9-21)35(20-22-13-15-24(30)16-14-22)27(37)12-7-17-36(41(2,39)40)25-11-6-10-23(19-25)29(31,32)33/h3-6,8-11,13-16,19,26H,7,12,17-18,20H2,1-2H3,(H,34,38). The molecular weight excluding hydrogens is 579 g/mol. The number of anilines is 1. The molecular formula is C29H31ClF3N3O4S. The van der Waals surface area contributed by atoms with E-state index in [9.17, 15) is 31.2 Å².